The third kappa shape index (κ3) is 7.31. The SMILES string of the molecule is CC(=O)OC[C@@H]1O[C@@H](c2nc3ccccc3n2C(=O)OC(C)(C)C)[C@@H](CC(=O)O)[C@@H](CC(=O)O)[C@@H]1CC(=O)O. The molecular weight excluding hydrogens is 516 g/mol. The zero-order valence-corrected chi connectivity index (χ0v) is 22.0. The molecule has 1 aliphatic rings. The fourth-order valence-electron chi connectivity index (χ4n) is 5.01. The zero-order valence-electron chi connectivity index (χ0n) is 22.0. The van der Waals surface area contributed by atoms with Crippen LogP contribution in [0.15, 0.2) is 24.3 Å². The molecule has 39 heavy (non-hydrogen) atoms. The Bertz CT molecular complexity index is 1260. The molecule has 0 bridgehead atoms. The minimum Gasteiger partial charge on any atom is -0.481 e. The van der Waals surface area contributed by atoms with Crippen LogP contribution in [0.25, 0.3) is 11.0 Å². The largest absolute Gasteiger partial charge is 0.481 e. The van der Waals surface area contributed by atoms with Crippen molar-refractivity contribution < 1.29 is 53.5 Å². The molecule has 13 nitrogen and oxygen atoms in total. The van der Waals surface area contributed by atoms with Crippen LogP contribution in [-0.2, 0) is 33.4 Å². The minimum atomic E-state index is -1.28. The van der Waals surface area contributed by atoms with Gasteiger partial charge in [0.25, 0.3) is 0 Å². The van der Waals surface area contributed by atoms with E-state index in [0.717, 1.165) is 11.5 Å². The number of carboxylic acid groups (broad SMARTS) is 3. The van der Waals surface area contributed by atoms with E-state index in [2.05, 4.69) is 4.98 Å². The van der Waals surface area contributed by atoms with Gasteiger partial charge >= 0.3 is 30.0 Å². The summed E-state index contributed by atoms with van der Waals surface area (Å²) in [5.74, 6) is -7.69. The van der Waals surface area contributed by atoms with Gasteiger partial charge in [-0.25, -0.2) is 14.3 Å². The summed E-state index contributed by atoms with van der Waals surface area (Å²) in [6, 6.07) is 6.61. The van der Waals surface area contributed by atoms with Gasteiger partial charge in [-0.15, -0.1) is 0 Å². The normalized spacial score (nSPS) is 23.2. The Balaban J connectivity index is 2.24. The molecule has 2 heterocycles. The number of hydrogen-bond acceptors (Lipinski definition) is 9. The number of carboxylic acids is 3. The highest BCUT2D eigenvalue weighted by molar-refractivity contribution is 5.88. The number of ether oxygens (including phenoxy) is 3. The van der Waals surface area contributed by atoms with Crippen molar-refractivity contribution in [3.63, 3.8) is 0 Å². The fourth-order valence-corrected chi connectivity index (χ4v) is 5.01. The van der Waals surface area contributed by atoms with Gasteiger partial charge in [-0.1, -0.05) is 12.1 Å². The summed E-state index contributed by atoms with van der Waals surface area (Å²) in [4.78, 5) is 65.1. The number of nitrogens with zero attached hydrogens (tertiary/aromatic N) is 2. The van der Waals surface area contributed by atoms with E-state index in [1.54, 1.807) is 45.0 Å². The van der Waals surface area contributed by atoms with E-state index < -0.39 is 91.4 Å². The number of carbonyl (C=O) groups excluding carboxylic acids is 2. The van der Waals surface area contributed by atoms with Crippen LogP contribution in [-0.4, -0.2) is 73.2 Å². The summed E-state index contributed by atoms with van der Waals surface area (Å²) in [5, 5.41) is 29.0. The number of esters is 1. The second kappa shape index (κ2) is 11.8. The minimum absolute atomic E-state index is 0.0336. The molecule has 3 N–H and O–H groups in total. The Morgan fingerprint density at radius 2 is 1.49 bits per heavy atom. The van der Waals surface area contributed by atoms with Crippen molar-refractivity contribution >= 4 is 41.0 Å². The van der Waals surface area contributed by atoms with Crippen molar-refractivity contribution in [1.29, 1.82) is 0 Å². The van der Waals surface area contributed by atoms with Crippen LogP contribution in [0.2, 0.25) is 0 Å². The molecule has 0 spiro atoms. The molecule has 1 aliphatic heterocycles. The van der Waals surface area contributed by atoms with Gasteiger partial charge in [0.2, 0.25) is 0 Å². The number of fused-ring (bicyclic) bond motifs is 1. The molecule has 13 heteroatoms. The Labute approximate surface area is 223 Å². The van der Waals surface area contributed by atoms with Gasteiger partial charge in [-0.2, -0.15) is 0 Å². The van der Waals surface area contributed by atoms with E-state index in [1.165, 1.54) is 0 Å². The van der Waals surface area contributed by atoms with E-state index in [0.29, 0.717) is 11.0 Å². The first-order chi connectivity index (χ1) is 18.2. The molecule has 1 fully saturated rings. The average Bonchev–Trinajstić information content (AvgIpc) is 3.18. The second-order valence-corrected chi connectivity index (χ2v) is 10.5. The predicted octanol–water partition coefficient (Wildman–Crippen LogP) is 3.10. The highest BCUT2D eigenvalue weighted by Gasteiger charge is 2.50. The van der Waals surface area contributed by atoms with E-state index in [9.17, 15) is 39.3 Å². The maximum atomic E-state index is 13.4. The Morgan fingerprint density at radius 1 is 0.923 bits per heavy atom. The lowest BCUT2D eigenvalue weighted by Crippen LogP contribution is -2.49. The van der Waals surface area contributed by atoms with Gasteiger partial charge in [0, 0.05) is 25.2 Å². The van der Waals surface area contributed by atoms with Crippen LogP contribution in [0, 0.1) is 17.8 Å². The molecule has 1 saturated heterocycles. The van der Waals surface area contributed by atoms with Gasteiger partial charge in [0.1, 0.15) is 24.1 Å². The van der Waals surface area contributed by atoms with Gasteiger partial charge in [0.05, 0.1) is 30.0 Å². The number of rotatable bonds is 9. The summed E-state index contributed by atoms with van der Waals surface area (Å²) in [7, 11) is 0. The summed E-state index contributed by atoms with van der Waals surface area (Å²) in [5.41, 5.74) is -0.183. The van der Waals surface area contributed by atoms with E-state index in [-0.39, 0.29) is 5.82 Å². The quantitative estimate of drug-likeness (QED) is 0.389. The topological polar surface area (TPSA) is 192 Å². The molecule has 0 radical (unpaired) electrons. The molecule has 0 aliphatic carbocycles. The summed E-state index contributed by atoms with van der Waals surface area (Å²) in [6.45, 7) is 5.75. The van der Waals surface area contributed by atoms with E-state index in [4.69, 9.17) is 14.2 Å². The monoisotopic (exact) mass is 548 g/mol. The van der Waals surface area contributed by atoms with E-state index >= 15 is 0 Å². The lowest BCUT2D eigenvalue weighted by molar-refractivity contribution is -0.191. The van der Waals surface area contributed by atoms with Crippen LogP contribution in [0.5, 0.6) is 0 Å². The first-order valence-electron chi connectivity index (χ1n) is 12.3. The summed E-state index contributed by atoms with van der Waals surface area (Å²) < 4.78 is 18.1. The van der Waals surface area contributed by atoms with Crippen LogP contribution in [0.1, 0.15) is 58.9 Å². The average molecular weight is 549 g/mol. The molecule has 3 rings (SSSR count). The van der Waals surface area contributed by atoms with E-state index in [1.807, 2.05) is 0 Å². The third-order valence-corrected chi connectivity index (χ3v) is 6.39. The number of imidazole rings is 1. The van der Waals surface area contributed by atoms with Crippen LogP contribution >= 0.6 is 0 Å². The molecule has 0 unspecified atom stereocenters. The van der Waals surface area contributed by atoms with Crippen molar-refractivity contribution in [3.05, 3.63) is 30.1 Å². The number of aliphatic carboxylic acids is 3. The number of carbonyl (C=O) groups is 5. The van der Waals surface area contributed by atoms with Crippen LogP contribution < -0.4 is 0 Å². The number of aromatic nitrogens is 2. The molecular formula is C26H32N2O11. The number of para-hydroxylation sites is 2. The smallest absolute Gasteiger partial charge is 0.420 e. The van der Waals surface area contributed by atoms with Crippen molar-refractivity contribution in [2.75, 3.05) is 6.61 Å². The molecule has 0 amide bonds. The summed E-state index contributed by atoms with van der Waals surface area (Å²) in [6.07, 6.45) is -4.97. The zero-order chi connectivity index (χ0) is 29.1. The third-order valence-electron chi connectivity index (χ3n) is 6.39. The predicted molar refractivity (Wildman–Crippen MR) is 133 cm³/mol. The molecule has 212 valence electrons. The Morgan fingerprint density at radius 3 is 2.05 bits per heavy atom. The van der Waals surface area contributed by atoms with Crippen molar-refractivity contribution in [3.8, 4) is 0 Å². The number of hydrogen-bond donors (Lipinski definition) is 3. The molecule has 5 atom stereocenters. The fraction of sp³-hybridized carbons (Fsp3) is 0.538. The summed E-state index contributed by atoms with van der Waals surface area (Å²) >= 11 is 0. The van der Waals surface area contributed by atoms with Gasteiger partial charge in [-0.3, -0.25) is 19.2 Å². The highest BCUT2D eigenvalue weighted by atomic mass is 16.6. The lowest BCUT2D eigenvalue weighted by Gasteiger charge is -2.45. The van der Waals surface area contributed by atoms with Crippen LogP contribution in [0.3, 0.4) is 0 Å². The van der Waals surface area contributed by atoms with Crippen LogP contribution in [0.4, 0.5) is 4.79 Å². The first-order valence-corrected chi connectivity index (χ1v) is 12.3. The lowest BCUT2D eigenvalue weighted by atomic mass is 9.69. The molecule has 1 aromatic heterocycles. The first kappa shape index (κ1) is 29.6. The Hall–Kier alpha value is -4.00. The van der Waals surface area contributed by atoms with Crippen molar-refractivity contribution in [2.24, 2.45) is 17.8 Å². The standard InChI is InChI=1S/C26H32N2O11/c1-13(29)37-12-19-15(10-21(32)33)14(9-20(30)31)16(11-22(34)35)23(38-19)24-27-17-7-5-6-8-18(17)28(24)25(36)39-26(2,3)4/h5-8,14-16,19,23H,9-12H2,1-4H3,(H,30,31)(H,32,33)(H,34,35)/t14-,15-,16-,19-,23+/m0/s1. The van der Waals surface area contributed by atoms with Crippen molar-refractivity contribution in [1.82, 2.24) is 9.55 Å². The second-order valence-electron chi connectivity index (χ2n) is 10.5. The van der Waals surface area contributed by atoms with Gasteiger partial charge in [0.15, 0.2) is 0 Å². The van der Waals surface area contributed by atoms with Crippen molar-refractivity contribution in [2.45, 2.75) is 64.8 Å². The van der Waals surface area contributed by atoms with Gasteiger partial charge < -0.3 is 29.5 Å². The Kier molecular flexibility index (Phi) is 8.95. The molecule has 1 aromatic carbocycles. The molecule has 2 aromatic rings. The number of benzene rings is 1. The maximum absolute atomic E-state index is 13.4. The molecule has 0 saturated carbocycles. The maximum Gasteiger partial charge on any atom is 0.420 e. The van der Waals surface area contributed by atoms with Gasteiger partial charge in [-0.05, 0) is 38.8 Å². The highest BCUT2D eigenvalue weighted by Crippen LogP contribution is 2.48.